The summed E-state index contributed by atoms with van der Waals surface area (Å²) in [6.45, 7) is 2.99. The standard InChI is InChI=1S/C25H30N4O2S/c1-3-4-16-29-24(19-12-14-20(31-2)15-13-19)27-28-25(29)32-17-23(30)26-22-11-7-9-18-8-5-6-10-21(18)22/h5-6,8,10,12-15,22H,3-4,7,9,11,16-17H2,1-2H3,(H,26,30). The normalized spacial score (nSPS) is 15.2. The van der Waals surface area contributed by atoms with E-state index in [1.807, 2.05) is 24.3 Å². The van der Waals surface area contributed by atoms with Crippen LogP contribution in [-0.4, -0.2) is 33.5 Å². The van der Waals surface area contributed by atoms with Gasteiger partial charge in [0, 0.05) is 12.1 Å². The molecule has 1 aromatic heterocycles. The molecule has 1 amide bonds. The first-order chi connectivity index (χ1) is 15.7. The van der Waals surface area contributed by atoms with E-state index in [9.17, 15) is 4.79 Å². The number of carbonyl (C=O) groups excluding carboxylic acids is 1. The minimum atomic E-state index is 0.0349. The third-order valence-electron chi connectivity index (χ3n) is 5.84. The highest BCUT2D eigenvalue weighted by atomic mass is 32.2. The number of fused-ring (bicyclic) bond motifs is 1. The van der Waals surface area contributed by atoms with E-state index in [1.165, 1.54) is 22.9 Å². The number of nitrogens with one attached hydrogen (secondary N) is 1. The van der Waals surface area contributed by atoms with Crippen LogP contribution in [0.4, 0.5) is 0 Å². The van der Waals surface area contributed by atoms with Gasteiger partial charge in [-0.3, -0.25) is 4.79 Å². The van der Waals surface area contributed by atoms with Crippen LogP contribution in [0.3, 0.4) is 0 Å². The lowest BCUT2D eigenvalue weighted by Gasteiger charge is -2.26. The molecule has 0 saturated heterocycles. The second-order valence-electron chi connectivity index (χ2n) is 8.04. The molecule has 0 aliphatic heterocycles. The van der Waals surface area contributed by atoms with Crippen LogP contribution in [-0.2, 0) is 17.8 Å². The van der Waals surface area contributed by atoms with E-state index in [0.29, 0.717) is 5.75 Å². The zero-order valence-electron chi connectivity index (χ0n) is 18.7. The summed E-state index contributed by atoms with van der Waals surface area (Å²) in [5.74, 6) is 1.99. The van der Waals surface area contributed by atoms with Gasteiger partial charge in [0.15, 0.2) is 11.0 Å². The molecule has 1 heterocycles. The predicted molar refractivity (Wildman–Crippen MR) is 128 cm³/mol. The smallest absolute Gasteiger partial charge is 0.230 e. The molecule has 0 bridgehead atoms. The summed E-state index contributed by atoms with van der Waals surface area (Å²) >= 11 is 1.45. The summed E-state index contributed by atoms with van der Waals surface area (Å²) in [6.07, 6.45) is 5.28. The maximum atomic E-state index is 12.8. The number of carbonyl (C=O) groups is 1. The number of ether oxygens (including phenoxy) is 1. The number of aryl methyl sites for hydroxylation is 1. The minimum Gasteiger partial charge on any atom is -0.497 e. The Balaban J connectivity index is 1.44. The lowest BCUT2D eigenvalue weighted by atomic mass is 9.88. The lowest BCUT2D eigenvalue weighted by Crippen LogP contribution is -2.32. The van der Waals surface area contributed by atoms with Gasteiger partial charge >= 0.3 is 0 Å². The molecule has 32 heavy (non-hydrogen) atoms. The molecular weight excluding hydrogens is 420 g/mol. The predicted octanol–water partition coefficient (Wildman–Crippen LogP) is 5.04. The van der Waals surface area contributed by atoms with Crippen molar-refractivity contribution in [2.24, 2.45) is 0 Å². The van der Waals surface area contributed by atoms with E-state index in [-0.39, 0.29) is 11.9 Å². The van der Waals surface area contributed by atoms with Crippen molar-refractivity contribution in [3.8, 4) is 17.1 Å². The first-order valence-corrected chi connectivity index (χ1v) is 12.3. The molecule has 1 atom stereocenters. The summed E-state index contributed by atoms with van der Waals surface area (Å²) < 4.78 is 7.39. The second-order valence-corrected chi connectivity index (χ2v) is 8.98. The number of thioether (sulfide) groups is 1. The van der Waals surface area contributed by atoms with Gasteiger partial charge in [-0.05, 0) is 61.1 Å². The van der Waals surface area contributed by atoms with Crippen molar-refractivity contribution in [1.29, 1.82) is 0 Å². The van der Waals surface area contributed by atoms with E-state index in [1.54, 1.807) is 7.11 Å². The van der Waals surface area contributed by atoms with Crippen LogP contribution in [0.2, 0.25) is 0 Å². The molecule has 6 nitrogen and oxygen atoms in total. The molecule has 0 radical (unpaired) electrons. The summed E-state index contributed by atoms with van der Waals surface area (Å²) in [7, 11) is 1.66. The van der Waals surface area contributed by atoms with Crippen molar-refractivity contribution in [1.82, 2.24) is 20.1 Å². The number of unbranched alkanes of at least 4 members (excludes halogenated alkanes) is 1. The van der Waals surface area contributed by atoms with Crippen molar-refractivity contribution in [2.75, 3.05) is 12.9 Å². The van der Waals surface area contributed by atoms with Crippen LogP contribution in [0, 0.1) is 0 Å². The van der Waals surface area contributed by atoms with E-state index in [4.69, 9.17) is 4.74 Å². The number of hydrogen-bond donors (Lipinski definition) is 1. The third kappa shape index (κ3) is 5.15. The number of methoxy groups -OCH3 is 1. The molecule has 2 aromatic carbocycles. The molecule has 1 N–H and O–H groups in total. The van der Waals surface area contributed by atoms with E-state index in [2.05, 4.69) is 51.3 Å². The Bertz CT molecular complexity index is 1050. The van der Waals surface area contributed by atoms with Crippen molar-refractivity contribution < 1.29 is 9.53 Å². The van der Waals surface area contributed by atoms with E-state index >= 15 is 0 Å². The second kappa shape index (κ2) is 10.7. The average Bonchev–Trinajstić information content (AvgIpc) is 3.24. The Morgan fingerprint density at radius 2 is 2.00 bits per heavy atom. The van der Waals surface area contributed by atoms with E-state index < -0.39 is 0 Å². The molecule has 7 heteroatoms. The molecule has 0 saturated carbocycles. The van der Waals surface area contributed by atoms with Crippen molar-refractivity contribution >= 4 is 17.7 Å². The molecule has 3 aromatic rings. The molecule has 1 aliphatic rings. The monoisotopic (exact) mass is 450 g/mol. The van der Waals surface area contributed by atoms with Crippen molar-refractivity contribution in [2.45, 2.75) is 56.8 Å². The van der Waals surface area contributed by atoms with Gasteiger partial charge in [0.05, 0.1) is 18.9 Å². The number of amides is 1. The molecule has 1 aliphatic carbocycles. The Morgan fingerprint density at radius 3 is 2.78 bits per heavy atom. The summed E-state index contributed by atoms with van der Waals surface area (Å²) in [5.41, 5.74) is 3.59. The van der Waals surface area contributed by atoms with Crippen molar-refractivity contribution in [3.63, 3.8) is 0 Å². The average molecular weight is 451 g/mol. The number of nitrogens with zero attached hydrogens (tertiary/aromatic N) is 3. The Hall–Kier alpha value is -2.80. The van der Waals surface area contributed by atoms with Gasteiger partial charge in [0.25, 0.3) is 0 Å². The van der Waals surface area contributed by atoms with Crippen LogP contribution in [0.5, 0.6) is 5.75 Å². The molecular formula is C25H30N4O2S. The highest BCUT2D eigenvalue weighted by Gasteiger charge is 2.22. The molecule has 1 unspecified atom stereocenters. The number of benzene rings is 2. The minimum absolute atomic E-state index is 0.0349. The van der Waals surface area contributed by atoms with Gasteiger partial charge in [-0.15, -0.1) is 10.2 Å². The van der Waals surface area contributed by atoms with Gasteiger partial charge in [0.2, 0.25) is 5.91 Å². The van der Waals surface area contributed by atoms with Crippen molar-refractivity contribution in [3.05, 3.63) is 59.7 Å². The fraction of sp³-hybridized carbons (Fsp3) is 0.400. The molecule has 168 valence electrons. The van der Waals surface area contributed by atoms with Crippen LogP contribution >= 0.6 is 11.8 Å². The zero-order valence-corrected chi connectivity index (χ0v) is 19.5. The number of rotatable bonds is 9. The van der Waals surface area contributed by atoms with Gasteiger partial charge in [-0.2, -0.15) is 0 Å². The first kappa shape index (κ1) is 22.4. The largest absolute Gasteiger partial charge is 0.497 e. The van der Waals surface area contributed by atoms with Gasteiger partial charge in [-0.25, -0.2) is 0 Å². The highest BCUT2D eigenvalue weighted by molar-refractivity contribution is 7.99. The fourth-order valence-corrected chi connectivity index (χ4v) is 4.91. The van der Waals surface area contributed by atoms with Crippen LogP contribution in [0.1, 0.15) is 49.8 Å². The SMILES string of the molecule is CCCCn1c(SCC(=O)NC2CCCc3ccccc32)nnc1-c1ccc(OC)cc1. The van der Waals surface area contributed by atoms with E-state index in [0.717, 1.165) is 60.9 Å². The zero-order chi connectivity index (χ0) is 22.3. The van der Waals surface area contributed by atoms with Gasteiger partial charge in [-0.1, -0.05) is 49.4 Å². The summed E-state index contributed by atoms with van der Waals surface area (Å²) in [4.78, 5) is 12.8. The third-order valence-corrected chi connectivity index (χ3v) is 6.80. The Labute approximate surface area is 193 Å². The topological polar surface area (TPSA) is 69.0 Å². The maximum Gasteiger partial charge on any atom is 0.230 e. The van der Waals surface area contributed by atoms with Crippen LogP contribution < -0.4 is 10.1 Å². The van der Waals surface area contributed by atoms with Gasteiger partial charge < -0.3 is 14.6 Å². The maximum absolute atomic E-state index is 12.8. The fourth-order valence-electron chi connectivity index (χ4n) is 4.14. The first-order valence-electron chi connectivity index (χ1n) is 11.3. The Morgan fingerprint density at radius 1 is 1.19 bits per heavy atom. The number of hydrogen-bond acceptors (Lipinski definition) is 5. The lowest BCUT2D eigenvalue weighted by molar-refractivity contribution is -0.119. The van der Waals surface area contributed by atoms with Crippen LogP contribution in [0.25, 0.3) is 11.4 Å². The van der Waals surface area contributed by atoms with Crippen LogP contribution in [0.15, 0.2) is 53.7 Å². The summed E-state index contributed by atoms with van der Waals surface area (Å²) in [6, 6.07) is 16.4. The Kier molecular flexibility index (Phi) is 7.47. The molecule has 0 spiro atoms. The molecule has 4 rings (SSSR count). The molecule has 0 fully saturated rings. The highest BCUT2D eigenvalue weighted by Crippen LogP contribution is 2.30. The quantitative estimate of drug-likeness (QED) is 0.463. The van der Waals surface area contributed by atoms with Gasteiger partial charge in [0.1, 0.15) is 5.75 Å². The summed E-state index contributed by atoms with van der Waals surface area (Å²) in [5, 5.41) is 12.9. The number of aromatic nitrogens is 3.